The summed E-state index contributed by atoms with van der Waals surface area (Å²) in [5.74, 6) is 0.741. The van der Waals surface area contributed by atoms with Crippen LogP contribution in [0, 0.1) is 5.92 Å². The van der Waals surface area contributed by atoms with Crippen molar-refractivity contribution in [3.8, 4) is 11.5 Å². The van der Waals surface area contributed by atoms with Gasteiger partial charge in [-0.25, -0.2) is 0 Å². The van der Waals surface area contributed by atoms with E-state index in [9.17, 15) is 13.2 Å². The molecule has 0 spiro atoms. The molecular weight excluding hydrogens is 400 g/mol. The van der Waals surface area contributed by atoms with Crippen molar-refractivity contribution in [2.45, 2.75) is 18.2 Å². The van der Waals surface area contributed by atoms with Crippen LogP contribution in [-0.2, 0) is 14.8 Å². The van der Waals surface area contributed by atoms with E-state index in [4.69, 9.17) is 4.74 Å². The Morgan fingerprint density at radius 2 is 1.64 bits per heavy atom. The minimum absolute atomic E-state index is 0.130. The molecule has 1 amide bonds. The van der Waals surface area contributed by atoms with Gasteiger partial charge in [0.25, 0.3) is 14.4 Å². The summed E-state index contributed by atoms with van der Waals surface area (Å²) in [6.45, 7) is 3.45. The van der Waals surface area contributed by atoms with Crippen molar-refractivity contribution in [3.63, 3.8) is 0 Å². The highest BCUT2D eigenvalue weighted by Gasteiger charge is 2.21. The molecule has 0 saturated carbocycles. The second-order valence-corrected chi connectivity index (χ2v) is 8.90. The molecule has 2 N–H and O–H groups in total. The van der Waals surface area contributed by atoms with Crippen molar-refractivity contribution in [3.05, 3.63) is 54.6 Å². The Balaban J connectivity index is 1.67. The van der Waals surface area contributed by atoms with E-state index in [1.165, 1.54) is 0 Å². The lowest BCUT2D eigenvalue weighted by atomic mass is 10.2. The molecule has 0 bridgehead atoms. The molecule has 0 aliphatic carbocycles. The molecule has 8 nitrogen and oxygen atoms in total. The van der Waals surface area contributed by atoms with Gasteiger partial charge in [0, 0.05) is 11.6 Å². The standard InChI is InChI=1S/C18H18N4O4S2/c1-12(2)16(23)19-17-20-21-18(27-17)28(24,25)22-13-8-10-15(11-9-13)26-14-6-4-3-5-7-14/h3-12,22H,1-2H3,(H,19,20,23). The average Bonchev–Trinajstić information content (AvgIpc) is 3.13. The highest BCUT2D eigenvalue weighted by Crippen LogP contribution is 2.26. The van der Waals surface area contributed by atoms with E-state index in [1.807, 2.05) is 30.3 Å². The predicted molar refractivity (Wildman–Crippen MR) is 107 cm³/mol. The van der Waals surface area contributed by atoms with Crippen molar-refractivity contribution in [2.24, 2.45) is 5.92 Å². The molecule has 146 valence electrons. The Morgan fingerprint density at radius 1 is 1.00 bits per heavy atom. The molecule has 0 unspecified atom stereocenters. The third-order valence-corrected chi connectivity index (χ3v) is 6.06. The van der Waals surface area contributed by atoms with Gasteiger partial charge in [0.05, 0.1) is 0 Å². The van der Waals surface area contributed by atoms with Gasteiger partial charge in [-0.05, 0) is 36.4 Å². The van der Waals surface area contributed by atoms with Crippen LogP contribution >= 0.6 is 11.3 Å². The van der Waals surface area contributed by atoms with Crippen molar-refractivity contribution in [2.75, 3.05) is 10.0 Å². The molecule has 1 heterocycles. The second kappa shape index (κ2) is 8.36. The minimum atomic E-state index is -3.92. The Kier molecular flexibility index (Phi) is 5.90. The first-order valence-corrected chi connectivity index (χ1v) is 10.6. The molecular formula is C18H18N4O4S2. The number of ether oxygens (including phenoxy) is 1. The number of anilines is 2. The van der Waals surface area contributed by atoms with Crippen LogP contribution < -0.4 is 14.8 Å². The van der Waals surface area contributed by atoms with Gasteiger partial charge in [0.1, 0.15) is 11.5 Å². The van der Waals surface area contributed by atoms with Gasteiger partial charge in [-0.2, -0.15) is 8.42 Å². The van der Waals surface area contributed by atoms with Crippen molar-refractivity contribution >= 4 is 38.1 Å². The molecule has 3 rings (SSSR count). The zero-order valence-corrected chi connectivity index (χ0v) is 16.8. The third kappa shape index (κ3) is 5.05. The summed E-state index contributed by atoms with van der Waals surface area (Å²) in [5, 5.41) is 10.0. The lowest BCUT2D eigenvalue weighted by Gasteiger charge is -2.08. The van der Waals surface area contributed by atoms with Gasteiger partial charge in [-0.1, -0.05) is 43.4 Å². The van der Waals surface area contributed by atoms with Crippen LogP contribution in [0.1, 0.15) is 13.8 Å². The van der Waals surface area contributed by atoms with Gasteiger partial charge in [-0.3, -0.25) is 9.52 Å². The summed E-state index contributed by atoms with van der Waals surface area (Å²) in [4.78, 5) is 11.7. The first kappa shape index (κ1) is 19.8. The number of rotatable bonds is 7. The summed E-state index contributed by atoms with van der Waals surface area (Å²) in [7, 11) is -3.92. The predicted octanol–water partition coefficient (Wildman–Crippen LogP) is 3.73. The van der Waals surface area contributed by atoms with Gasteiger partial charge in [-0.15, -0.1) is 10.2 Å². The quantitative estimate of drug-likeness (QED) is 0.566. The van der Waals surface area contributed by atoms with E-state index >= 15 is 0 Å². The van der Waals surface area contributed by atoms with Gasteiger partial charge >= 0.3 is 0 Å². The Bertz CT molecular complexity index is 1050. The molecule has 10 heteroatoms. The van der Waals surface area contributed by atoms with Crippen LogP contribution in [0.15, 0.2) is 58.9 Å². The Morgan fingerprint density at radius 3 is 2.29 bits per heavy atom. The topological polar surface area (TPSA) is 110 Å². The van der Waals surface area contributed by atoms with Crippen LogP contribution in [0.3, 0.4) is 0 Å². The van der Waals surface area contributed by atoms with Crippen LogP contribution in [0.25, 0.3) is 0 Å². The second-order valence-electron chi connectivity index (χ2n) is 6.06. The number of hydrogen-bond acceptors (Lipinski definition) is 7. The maximum absolute atomic E-state index is 12.5. The summed E-state index contributed by atoms with van der Waals surface area (Å²) in [6.07, 6.45) is 0. The maximum Gasteiger partial charge on any atom is 0.291 e. The minimum Gasteiger partial charge on any atom is -0.457 e. The van der Waals surface area contributed by atoms with E-state index in [2.05, 4.69) is 20.2 Å². The zero-order chi connectivity index (χ0) is 20.1. The average molecular weight is 419 g/mol. The molecule has 1 aromatic heterocycles. The van der Waals surface area contributed by atoms with Gasteiger partial charge in [0.15, 0.2) is 0 Å². The first-order chi connectivity index (χ1) is 13.3. The first-order valence-electron chi connectivity index (χ1n) is 8.33. The highest BCUT2D eigenvalue weighted by atomic mass is 32.2. The van der Waals surface area contributed by atoms with E-state index in [0.717, 1.165) is 11.3 Å². The zero-order valence-electron chi connectivity index (χ0n) is 15.1. The van der Waals surface area contributed by atoms with E-state index < -0.39 is 10.0 Å². The lowest BCUT2D eigenvalue weighted by molar-refractivity contribution is -0.118. The molecule has 0 fully saturated rings. The van der Waals surface area contributed by atoms with E-state index in [-0.39, 0.29) is 21.3 Å². The van der Waals surface area contributed by atoms with Crippen molar-refractivity contribution in [1.82, 2.24) is 10.2 Å². The maximum atomic E-state index is 12.5. The number of carbonyl (C=O) groups is 1. The Hall–Kier alpha value is -2.98. The number of nitrogens with zero attached hydrogens (tertiary/aromatic N) is 2. The molecule has 28 heavy (non-hydrogen) atoms. The third-order valence-electron chi connectivity index (χ3n) is 3.48. The fourth-order valence-corrected chi connectivity index (χ4v) is 4.00. The largest absolute Gasteiger partial charge is 0.457 e. The number of aromatic nitrogens is 2. The van der Waals surface area contributed by atoms with Crippen molar-refractivity contribution in [1.29, 1.82) is 0 Å². The number of carbonyl (C=O) groups excluding carboxylic acids is 1. The van der Waals surface area contributed by atoms with Gasteiger partial charge < -0.3 is 10.1 Å². The summed E-state index contributed by atoms with van der Waals surface area (Å²) in [5.41, 5.74) is 0.350. The summed E-state index contributed by atoms with van der Waals surface area (Å²) < 4.78 is 32.8. The van der Waals surface area contributed by atoms with Crippen LogP contribution in [0.5, 0.6) is 11.5 Å². The number of benzene rings is 2. The molecule has 3 aromatic rings. The molecule has 0 radical (unpaired) electrons. The van der Waals surface area contributed by atoms with Crippen LogP contribution in [-0.4, -0.2) is 24.5 Å². The number of sulfonamides is 1. The smallest absolute Gasteiger partial charge is 0.291 e. The fraction of sp³-hybridized carbons (Fsp3) is 0.167. The van der Waals surface area contributed by atoms with Gasteiger partial charge in [0.2, 0.25) is 11.0 Å². The lowest BCUT2D eigenvalue weighted by Crippen LogP contribution is -2.17. The monoisotopic (exact) mass is 418 g/mol. The van der Waals surface area contributed by atoms with Crippen LogP contribution in [0.2, 0.25) is 0 Å². The SMILES string of the molecule is CC(C)C(=O)Nc1nnc(S(=O)(=O)Nc2ccc(Oc3ccccc3)cc2)s1. The van der Waals surface area contributed by atoms with E-state index in [0.29, 0.717) is 17.2 Å². The summed E-state index contributed by atoms with van der Waals surface area (Å²) >= 11 is 0.780. The number of para-hydroxylation sites is 1. The number of amides is 1. The molecule has 0 atom stereocenters. The van der Waals surface area contributed by atoms with Crippen LogP contribution in [0.4, 0.5) is 10.8 Å². The molecule has 0 aliphatic rings. The number of nitrogens with one attached hydrogen (secondary N) is 2. The molecule has 2 aromatic carbocycles. The highest BCUT2D eigenvalue weighted by molar-refractivity contribution is 7.94. The number of hydrogen-bond donors (Lipinski definition) is 2. The molecule has 0 aliphatic heterocycles. The van der Waals surface area contributed by atoms with E-state index in [1.54, 1.807) is 38.1 Å². The normalized spacial score (nSPS) is 11.2. The fourth-order valence-electron chi connectivity index (χ4n) is 2.03. The van der Waals surface area contributed by atoms with Crippen molar-refractivity contribution < 1.29 is 17.9 Å². The molecule has 0 saturated heterocycles. The Labute approximate surface area is 166 Å². The summed E-state index contributed by atoms with van der Waals surface area (Å²) in [6, 6.07) is 15.7.